The normalized spacial score (nSPS) is 10.7. The molecule has 4 rings (SSSR count). The molecule has 2 aromatic carbocycles. The molecule has 4 aromatic rings. The number of pyridine rings is 1. The van der Waals surface area contributed by atoms with E-state index < -0.39 is 5.97 Å². The second-order valence-electron chi connectivity index (χ2n) is 6.67. The van der Waals surface area contributed by atoms with Crippen LogP contribution >= 0.6 is 0 Å². The summed E-state index contributed by atoms with van der Waals surface area (Å²) >= 11 is 0. The summed E-state index contributed by atoms with van der Waals surface area (Å²) in [7, 11) is 0. The third kappa shape index (κ3) is 3.46. The molecular formula is C23H18N4O2. The standard InChI is InChI=1S/C23H18N4O2/c1-15-12-19(18-10-6-7-11-21(18)25-15)23(28)29-14-22-20(13-24)16(2)26-27(22)17-8-4-3-5-9-17/h3-12H,14H2,1-2H3. The molecule has 0 bridgehead atoms. The van der Waals surface area contributed by atoms with Gasteiger partial charge in [-0.3, -0.25) is 4.98 Å². The molecule has 0 N–H and O–H groups in total. The lowest BCUT2D eigenvalue weighted by Crippen LogP contribution is -2.11. The van der Waals surface area contributed by atoms with E-state index >= 15 is 0 Å². The van der Waals surface area contributed by atoms with Gasteiger partial charge in [-0.15, -0.1) is 0 Å². The van der Waals surface area contributed by atoms with Crippen LogP contribution in [0.4, 0.5) is 0 Å². The number of benzene rings is 2. The second-order valence-corrected chi connectivity index (χ2v) is 6.67. The third-order valence-corrected chi connectivity index (χ3v) is 4.67. The van der Waals surface area contributed by atoms with Crippen LogP contribution in [0.2, 0.25) is 0 Å². The number of esters is 1. The molecular weight excluding hydrogens is 364 g/mol. The van der Waals surface area contributed by atoms with Crippen LogP contribution in [0.25, 0.3) is 16.6 Å². The zero-order valence-electron chi connectivity index (χ0n) is 16.1. The fourth-order valence-electron chi connectivity index (χ4n) is 3.32. The summed E-state index contributed by atoms with van der Waals surface area (Å²) in [5, 5.41) is 14.8. The summed E-state index contributed by atoms with van der Waals surface area (Å²) in [6.45, 7) is 3.54. The van der Waals surface area contributed by atoms with Crippen LogP contribution in [0, 0.1) is 25.2 Å². The Balaban J connectivity index is 1.69. The zero-order chi connectivity index (χ0) is 20.4. The number of nitrogens with zero attached hydrogens (tertiary/aromatic N) is 4. The smallest absolute Gasteiger partial charge is 0.339 e. The SMILES string of the molecule is Cc1cc(C(=O)OCc2c(C#N)c(C)nn2-c2ccccc2)c2ccccc2n1. The number of carbonyl (C=O) groups excluding carboxylic acids is 1. The Labute approximate surface area is 168 Å². The predicted octanol–water partition coefficient (Wildman–Crippen LogP) is 4.27. The van der Waals surface area contributed by atoms with Crippen LogP contribution in [0.5, 0.6) is 0 Å². The van der Waals surface area contributed by atoms with Crippen molar-refractivity contribution in [3.05, 3.63) is 88.9 Å². The van der Waals surface area contributed by atoms with Gasteiger partial charge >= 0.3 is 5.97 Å². The molecule has 0 unspecified atom stereocenters. The van der Waals surface area contributed by atoms with Crippen LogP contribution in [0.15, 0.2) is 60.7 Å². The first kappa shape index (κ1) is 18.4. The number of nitriles is 1. The highest BCUT2D eigenvalue weighted by Crippen LogP contribution is 2.22. The van der Waals surface area contributed by atoms with E-state index in [1.165, 1.54) is 0 Å². The highest BCUT2D eigenvalue weighted by Gasteiger charge is 2.19. The lowest BCUT2D eigenvalue weighted by atomic mass is 10.1. The Hall–Kier alpha value is -3.98. The van der Waals surface area contributed by atoms with E-state index in [1.54, 1.807) is 17.7 Å². The minimum Gasteiger partial charge on any atom is -0.456 e. The number of aromatic nitrogens is 3. The predicted molar refractivity (Wildman–Crippen MR) is 109 cm³/mol. The van der Waals surface area contributed by atoms with Crippen molar-refractivity contribution in [1.82, 2.24) is 14.8 Å². The van der Waals surface area contributed by atoms with Gasteiger partial charge in [0.15, 0.2) is 0 Å². The molecule has 142 valence electrons. The molecule has 2 heterocycles. The van der Waals surface area contributed by atoms with Crippen molar-refractivity contribution in [3.8, 4) is 11.8 Å². The summed E-state index contributed by atoms with van der Waals surface area (Å²) in [6.07, 6.45) is 0. The summed E-state index contributed by atoms with van der Waals surface area (Å²) in [5.74, 6) is -0.464. The molecule has 0 amide bonds. The van der Waals surface area contributed by atoms with E-state index in [-0.39, 0.29) is 6.61 Å². The van der Waals surface area contributed by atoms with Crippen molar-refractivity contribution in [2.45, 2.75) is 20.5 Å². The third-order valence-electron chi connectivity index (χ3n) is 4.67. The first-order valence-electron chi connectivity index (χ1n) is 9.16. The van der Waals surface area contributed by atoms with Crippen molar-refractivity contribution in [2.24, 2.45) is 0 Å². The quantitative estimate of drug-likeness (QED) is 0.493. The molecule has 29 heavy (non-hydrogen) atoms. The average molecular weight is 382 g/mol. The van der Waals surface area contributed by atoms with Gasteiger partial charge in [0.05, 0.1) is 28.2 Å². The van der Waals surface area contributed by atoms with E-state index in [0.29, 0.717) is 22.5 Å². The number of fused-ring (bicyclic) bond motifs is 1. The Morgan fingerprint density at radius 1 is 1.10 bits per heavy atom. The monoisotopic (exact) mass is 382 g/mol. The summed E-state index contributed by atoms with van der Waals surface area (Å²) < 4.78 is 7.27. The van der Waals surface area contributed by atoms with E-state index in [1.807, 2.05) is 61.5 Å². The maximum atomic E-state index is 12.9. The number of hydrogen-bond donors (Lipinski definition) is 0. The molecule has 0 saturated carbocycles. The molecule has 2 aromatic heterocycles. The van der Waals surface area contributed by atoms with Gasteiger partial charge in [0.2, 0.25) is 0 Å². The molecule has 0 aliphatic carbocycles. The lowest BCUT2D eigenvalue weighted by molar-refractivity contribution is 0.0467. The minimum atomic E-state index is -0.464. The van der Waals surface area contributed by atoms with Crippen molar-refractivity contribution < 1.29 is 9.53 Å². The fraction of sp³-hybridized carbons (Fsp3) is 0.130. The van der Waals surface area contributed by atoms with Crippen molar-refractivity contribution in [2.75, 3.05) is 0 Å². The maximum Gasteiger partial charge on any atom is 0.339 e. The first-order chi connectivity index (χ1) is 14.1. The number of rotatable bonds is 4. The minimum absolute atomic E-state index is 0.0623. The molecule has 6 nitrogen and oxygen atoms in total. The fourth-order valence-corrected chi connectivity index (χ4v) is 3.32. The van der Waals surface area contributed by atoms with Gasteiger partial charge in [-0.1, -0.05) is 36.4 Å². The zero-order valence-corrected chi connectivity index (χ0v) is 16.1. The van der Waals surface area contributed by atoms with Crippen molar-refractivity contribution in [1.29, 1.82) is 5.26 Å². The number of ether oxygens (including phenoxy) is 1. The van der Waals surface area contributed by atoms with Gasteiger partial charge in [0.1, 0.15) is 18.2 Å². The van der Waals surface area contributed by atoms with Crippen LogP contribution < -0.4 is 0 Å². The lowest BCUT2D eigenvalue weighted by Gasteiger charge is -2.11. The Morgan fingerprint density at radius 2 is 1.83 bits per heavy atom. The molecule has 0 fully saturated rings. The number of aryl methyl sites for hydroxylation is 2. The van der Waals surface area contributed by atoms with Crippen molar-refractivity contribution >= 4 is 16.9 Å². The van der Waals surface area contributed by atoms with Gasteiger partial charge in [-0.25, -0.2) is 9.48 Å². The molecule has 6 heteroatoms. The van der Waals surface area contributed by atoms with Gasteiger partial charge in [0.25, 0.3) is 0 Å². The second kappa shape index (κ2) is 7.56. The number of carbonyl (C=O) groups is 1. The Morgan fingerprint density at radius 3 is 2.59 bits per heavy atom. The largest absolute Gasteiger partial charge is 0.456 e. The molecule has 0 radical (unpaired) electrons. The van der Waals surface area contributed by atoms with Crippen LogP contribution in [0.1, 0.15) is 33.0 Å². The van der Waals surface area contributed by atoms with Gasteiger partial charge in [-0.2, -0.15) is 10.4 Å². The van der Waals surface area contributed by atoms with E-state index in [2.05, 4.69) is 16.2 Å². The Bertz CT molecular complexity index is 1250. The number of para-hydroxylation sites is 2. The maximum absolute atomic E-state index is 12.9. The molecule has 0 aliphatic rings. The first-order valence-corrected chi connectivity index (χ1v) is 9.16. The van der Waals surface area contributed by atoms with Crippen LogP contribution in [-0.2, 0) is 11.3 Å². The Kier molecular flexibility index (Phi) is 4.80. The van der Waals surface area contributed by atoms with Crippen LogP contribution in [0.3, 0.4) is 0 Å². The van der Waals surface area contributed by atoms with E-state index in [0.717, 1.165) is 22.3 Å². The highest BCUT2D eigenvalue weighted by atomic mass is 16.5. The number of hydrogen-bond acceptors (Lipinski definition) is 5. The average Bonchev–Trinajstić information content (AvgIpc) is 3.07. The highest BCUT2D eigenvalue weighted by molar-refractivity contribution is 6.03. The van der Waals surface area contributed by atoms with Gasteiger partial charge in [-0.05, 0) is 38.1 Å². The summed E-state index contributed by atoms with van der Waals surface area (Å²) in [6, 6.07) is 20.8. The van der Waals surface area contributed by atoms with Crippen molar-refractivity contribution in [3.63, 3.8) is 0 Å². The summed E-state index contributed by atoms with van der Waals surface area (Å²) in [5.41, 5.74) is 4.27. The van der Waals surface area contributed by atoms with Gasteiger partial charge in [0, 0.05) is 11.1 Å². The summed E-state index contributed by atoms with van der Waals surface area (Å²) in [4.78, 5) is 17.3. The topological polar surface area (TPSA) is 80.8 Å². The molecule has 0 spiro atoms. The molecule has 0 aliphatic heterocycles. The van der Waals surface area contributed by atoms with E-state index in [4.69, 9.17) is 4.74 Å². The van der Waals surface area contributed by atoms with Crippen LogP contribution in [-0.4, -0.2) is 20.7 Å². The molecule has 0 atom stereocenters. The van der Waals surface area contributed by atoms with E-state index in [9.17, 15) is 10.1 Å². The molecule has 0 saturated heterocycles. The van der Waals surface area contributed by atoms with Gasteiger partial charge < -0.3 is 4.74 Å².